The lowest BCUT2D eigenvalue weighted by atomic mass is 10.2. The van der Waals surface area contributed by atoms with Crippen molar-refractivity contribution in [2.45, 2.75) is 11.3 Å². The maximum absolute atomic E-state index is 12.3. The van der Waals surface area contributed by atoms with Gasteiger partial charge in [0.15, 0.2) is 16.4 Å². The molecule has 0 spiro atoms. The van der Waals surface area contributed by atoms with Gasteiger partial charge in [-0.15, -0.1) is 12.4 Å². The number of nitro groups is 1. The Labute approximate surface area is 140 Å². The first-order valence-electron chi connectivity index (χ1n) is 6.68. The van der Waals surface area contributed by atoms with E-state index in [-0.39, 0.29) is 43.7 Å². The van der Waals surface area contributed by atoms with Gasteiger partial charge in [0.25, 0.3) is 5.69 Å². The van der Waals surface area contributed by atoms with Gasteiger partial charge in [0.05, 0.1) is 11.0 Å². The topological polar surface area (TPSA) is 120 Å². The minimum absolute atomic E-state index is 0. The zero-order valence-electron chi connectivity index (χ0n) is 12.4. The predicted octanol–water partition coefficient (Wildman–Crippen LogP) is 0.676. The summed E-state index contributed by atoms with van der Waals surface area (Å²) in [6, 6.07) is 2.21. The van der Waals surface area contributed by atoms with Gasteiger partial charge in [-0.3, -0.25) is 10.1 Å². The van der Waals surface area contributed by atoms with Gasteiger partial charge in [0, 0.05) is 12.6 Å². The number of hydrogen-bond donors (Lipinski definition) is 2. The van der Waals surface area contributed by atoms with Gasteiger partial charge < -0.3 is 14.8 Å². The largest absolute Gasteiger partial charge is 0.486 e. The maximum Gasteiger partial charge on any atom is 0.293 e. The fourth-order valence-corrected chi connectivity index (χ4v) is 3.21. The van der Waals surface area contributed by atoms with Crippen molar-refractivity contribution in [1.29, 1.82) is 0 Å². The highest BCUT2D eigenvalue weighted by Gasteiger charge is 2.30. The van der Waals surface area contributed by atoms with Crippen molar-refractivity contribution in [3.8, 4) is 11.5 Å². The summed E-state index contributed by atoms with van der Waals surface area (Å²) in [6.45, 7) is 1.33. The number of ether oxygens (including phenoxy) is 2. The van der Waals surface area contributed by atoms with Crippen LogP contribution in [-0.4, -0.2) is 46.7 Å². The summed E-state index contributed by atoms with van der Waals surface area (Å²) in [5.41, 5.74) is -0.537. The minimum atomic E-state index is -4.00. The van der Waals surface area contributed by atoms with E-state index in [1.165, 1.54) is 0 Å². The normalized spacial score (nSPS) is 13.3. The van der Waals surface area contributed by atoms with Crippen LogP contribution in [0.1, 0.15) is 6.42 Å². The monoisotopic (exact) mass is 367 g/mol. The number of nitrogens with one attached hydrogen (secondary N) is 2. The first-order chi connectivity index (χ1) is 10.5. The number of halogens is 1. The molecule has 9 nitrogen and oxygen atoms in total. The molecule has 11 heteroatoms. The van der Waals surface area contributed by atoms with Crippen LogP contribution in [0.5, 0.6) is 11.5 Å². The third-order valence-corrected chi connectivity index (χ3v) is 4.50. The molecule has 1 aliphatic rings. The average molecular weight is 368 g/mol. The number of fused-ring (bicyclic) bond motifs is 1. The van der Waals surface area contributed by atoms with Crippen LogP contribution >= 0.6 is 12.4 Å². The number of sulfonamides is 1. The lowest BCUT2D eigenvalue weighted by Crippen LogP contribution is -2.27. The Morgan fingerprint density at radius 3 is 2.39 bits per heavy atom. The number of rotatable bonds is 7. The summed E-state index contributed by atoms with van der Waals surface area (Å²) in [5, 5.41) is 14.0. The molecule has 0 saturated carbocycles. The Balaban J connectivity index is 0.00000264. The van der Waals surface area contributed by atoms with Crippen molar-refractivity contribution >= 4 is 28.1 Å². The molecule has 0 saturated heterocycles. The second kappa shape index (κ2) is 8.29. The van der Waals surface area contributed by atoms with Gasteiger partial charge in [-0.25, -0.2) is 13.1 Å². The highest BCUT2D eigenvalue weighted by atomic mass is 35.5. The SMILES string of the molecule is CNCCCNS(=O)(=O)c1cc2c(cc1[N+](=O)[O-])OCCO2.Cl. The van der Waals surface area contributed by atoms with Gasteiger partial charge in [-0.2, -0.15) is 0 Å². The van der Waals surface area contributed by atoms with Crippen LogP contribution < -0.4 is 19.5 Å². The van der Waals surface area contributed by atoms with Gasteiger partial charge in [0.2, 0.25) is 10.0 Å². The molecule has 0 atom stereocenters. The molecule has 1 aliphatic heterocycles. The van der Waals surface area contributed by atoms with Crippen molar-refractivity contribution in [1.82, 2.24) is 10.0 Å². The quantitative estimate of drug-likeness (QED) is 0.413. The second-order valence-electron chi connectivity index (χ2n) is 4.58. The first-order valence-corrected chi connectivity index (χ1v) is 8.16. The molecule has 0 amide bonds. The molecule has 0 radical (unpaired) electrons. The summed E-state index contributed by atoms with van der Waals surface area (Å²) in [6.07, 6.45) is 0.564. The predicted molar refractivity (Wildman–Crippen MR) is 85.1 cm³/mol. The molecule has 2 N–H and O–H groups in total. The number of hydrogen-bond acceptors (Lipinski definition) is 7. The van der Waals surface area contributed by atoms with Gasteiger partial charge >= 0.3 is 0 Å². The summed E-state index contributed by atoms with van der Waals surface area (Å²) >= 11 is 0. The lowest BCUT2D eigenvalue weighted by molar-refractivity contribution is -0.388. The van der Waals surface area contributed by atoms with E-state index in [1.54, 1.807) is 7.05 Å². The van der Waals surface area contributed by atoms with Crippen molar-refractivity contribution in [3.05, 3.63) is 22.2 Å². The summed E-state index contributed by atoms with van der Waals surface area (Å²) in [7, 11) is -2.25. The van der Waals surface area contributed by atoms with E-state index >= 15 is 0 Å². The smallest absolute Gasteiger partial charge is 0.293 e. The number of nitro benzene ring substituents is 1. The van der Waals surface area contributed by atoms with Gasteiger partial charge in [-0.05, 0) is 20.0 Å². The van der Waals surface area contributed by atoms with Crippen LogP contribution in [-0.2, 0) is 10.0 Å². The highest BCUT2D eigenvalue weighted by molar-refractivity contribution is 7.89. The van der Waals surface area contributed by atoms with E-state index in [1.807, 2.05) is 0 Å². The summed E-state index contributed by atoms with van der Waals surface area (Å²) in [5.74, 6) is 0.361. The Kier molecular flexibility index (Phi) is 7.01. The summed E-state index contributed by atoms with van der Waals surface area (Å²) < 4.78 is 37.4. The van der Waals surface area contributed by atoms with E-state index in [0.717, 1.165) is 12.1 Å². The highest BCUT2D eigenvalue weighted by Crippen LogP contribution is 2.38. The fraction of sp³-hybridized carbons (Fsp3) is 0.500. The van der Waals surface area contributed by atoms with E-state index in [2.05, 4.69) is 10.0 Å². The van der Waals surface area contributed by atoms with E-state index in [0.29, 0.717) is 13.0 Å². The average Bonchev–Trinajstić information content (AvgIpc) is 2.50. The van der Waals surface area contributed by atoms with Crippen LogP contribution in [0, 0.1) is 10.1 Å². The maximum atomic E-state index is 12.3. The molecule has 23 heavy (non-hydrogen) atoms. The fourth-order valence-electron chi connectivity index (χ4n) is 1.97. The van der Waals surface area contributed by atoms with Crippen LogP contribution in [0.4, 0.5) is 5.69 Å². The van der Waals surface area contributed by atoms with Crippen LogP contribution in [0.15, 0.2) is 17.0 Å². The van der Waals surface area contributed by atoms with E-state index in [9.17, 15) is 18.5 Å². The van der Waals surface area contributed by atoms with Crippen molar-refractivity contribution in [2.24, 2.45) is 0 Å². The Bertz CT molecular complexity index is 667. The number of nitrogens with zero attached hydrogens (tertiary/aromatic N) is 1. The molecule has 1 aromatic rings. The third-order valence-electron chi connectivity index (χ3n) is 3.01. The van der Waals surface area contributed by atoms with E-state index < -0.39 is 25.5 Å². The molecular weight excluding hydrogens is 350 g/mol. The molecule has 1 heterocycles. The van der Waals surface area contributed by atoms with Crippen molar-refractivity contribution in [2.75, 3.05) is 33.4 Å². The van der Waals surface area contributed by atoms with Gasteiger partial charge in [-0.1, -0.05) is 0 Å². The molecule has 130 valence electrons. The molecular formula is C12H18ClN3O6S. The zero-order chi connectivity index (χ0) is 16.2. The van der Waals surface area contributed by atoms with Gasteiger partial charge in [0.1, 0.15) is 13.2 Å². The third kappa shape index (κ3) is 4.67. The molecule has 2 rings (SSSR count). The van der Waals surface area contributed by atoms with Crippen LogP contribution in [0.3, 0.4) is 0 Å². The molecule has 0 bridgehead atoms. The Morgan fingerprint density at radius 2 is 1.83 bits per heavy atom. The molecule has 0 unspecified atom stereocenters. The van der Waals surface area contributed by atoms with Crippen LogP contribution in [0.2, 0.25) is 0 Å². The molecule has 0 aromatic heterocycles. The molecule has 0 fully saturated rings. The standard InChI is InChI=1S/C12H17N3O6S.ClH/c1-13-3-2-4-14-22(18,19)12-8-11-10(20-5-6-21-11)7-9(12)15(16)17;/h7-8,13-14H,2-6H2,1H3;1H. The Hall–Kier alpha value is -1.62. The van der Waals surface area contributed by atoms with Crippen LogP contribution in [0.25, 0.3) is 0 Å². The summed E-state index contributed by atoms with van der Waals surface area (Å²) in [4.78, 5) is 9.96. The first kappa shape index (κ1) is 19.4. The molecule has 1 aromatic carbocycles. The number of benzene rings is 1. The Morgan fingerprint density at radius 1 is 1.22 bits per heavy atom. The van der Waals surface area contributed by atoms with Crippen molar-refractivity contribution < 1.29 is 22.8 Å². The minimum Gasteiger partial charge on any atom is -0.486 e. The van der Waals surface area contributed by atoms with Crippen molar-refractivity contribution in [3.63, 3.8) is 0 Å². The zero-order valence-corrected chi connectivity index (χ0v) is 14.0. The van der Waals surface area contributed by atoms with E-state index in [4.69, 9.17) is 9.47 Å². The second-order valence-corrected chi connectivity index (χ2v) is 6.31. The lowest BCUT2D eigenvalue weighted by Gasteiger charge is -2.19. The molecule has 0 aliphatic carbocycles.